The molecular formula is C22H25N3O8. The first-order valence-corrected chi connectivity index (χ1v) is 10.4. The molecule has 176 valence electrons. The number of phenolic OH excluding ortho intramolecular Hbond substituents is 1. The third-order valence-corrected chi connectivity index (χ3v) is 7.44. The lowest BCUT2D eigenvalue weighted by atomic mass is 9.50. The Bertz CT molecular complexity index is 1140. The maximum atomic E-state index is 13.6. The fourth-order valence-corrected chi connectivity index (χ4v) is 5.87. The van der Waals surface area contributed by atoms with E-state index in [9.17, 15) is 39.3 Å². The SMILES string of the molecule is C[C@@H]1c2c(N(C)C)cc(N)c(O)c2C(=O)C2C(=O)[C@]3(O)C(=O)C(C(N)=O)C(=O)C[C@@H]3[C@@H](O)[C@@H]21. The molecule has 33 heavy (non-hydrogen) atoms. The minimum Gasteiger partial charge on any atom is -0.505 e. The van der Waals surface area contributed by atoms with E-state index >= 15 is 0 Å². The highest BCUT2D eigenvalue weighted by molar-refractivity contribution is 6.31. The molecule has 11 heteroatoms. The molecule has 7 atom stereocenters. The molecule has 2 unspecified atom stereocenters. The Morgan fingerprint density at radius 3 is 2.33 bits per heavy atom. The molecule has 2 fully saturated rings. The second-order valence-electron chi connectivity index (χ2n) is 9.32. The molecule has 1 amide bonds. The molecule has 0 radical (unpaired) electrons. The topological polar surface area (TPSA) is 201 Å². The van der Waals surface area contributed by atoms with Crippen molar-refractivity contribution in [2.45, 2.75) is 31.0 Å². The van der Waals surface area contributed by atoms with E-state index in [2.05, 4.69) is 0 Å². The molecule has 1 aromatic carbocycles. The molecule has 0 aromatic heterocycles. The zero-order valence-electron chi connectivity index (χ0n) is 18.2. The summed E-state index contributed by atoms with van der Waals surface area (Å²) in [4.78, 5) is 65.9. The minimum absolute atomic E-state index is 0.107. The highest BCUT2D eigenvalue weighted by Crippen LogP contribution is 2.56. The molecule has 0 aliphatic heterocycles. The van der Waals surface area contributed by atoms with Crippen molar-refractivity contribution >= 4 is 40.4 Å². The number of carbonyl (C=O) groups is 5. The summed E-state index contributed by atoms with van der Waals surface area (Å²) in [6, 6.07) is 1.47. The quantitative estimate of drug-likeness (QED) is 0.197. The summed E-state index contributed by atoms with van der Waals surface area (Å²) in [6.45, 7) is 1.64. The van der Waals surface area contributed by atoms with Crippen LogP contribution >= 0.6 is 0 Å². The van der Waals surface area contributed by atoms with Crippen molar-refractivity contribution in [1.29, 1.82) is 0 Å². The minimum atomic E-state index is -2.94. The van der Waals surface area contributed by atoms with E-state index in [0.717, 1.165) is 0 Å². The Kier molecular flexibility index (Phi) is 4.92. The second-order valence-corrected chi connectivity index (χ2v) is 9.32. The number of benzene rings is 1. The van der Waals surface area contributed by atoms with E-state index in [1.54, 1.807) is 25.9 Å². The summed E-state index contributed by atoms with van der Waals surface area (Å²) in [7, 11) is 3.39. The largest absolute Gasteiger partial charge is 0.505 e. The van der Waals surface area contributed by atoms with E-state index in [4.69, 9.17) is 11.5 Å². The third-order valence-electron chi connectivity index (χ3n) is 7.44. The molecule has 3 aliphatic carbocycles. The molecule has 4 rings (SSSR count). The highest BCUT2D eigenvalue weighted by atomic mass is 16.3. The Morgan fingerprint density at radius 2 is 1.79 bits per heavy atom. The summed E-state index contributed by atoms with van der Waals surface area (Å²) in [5.41, 5.74) is 8.62. The Morgan fingerprint density at radius 1 is 1.18 bits per heavy atom. The summed E-state index contributed by atoms with van der Waals surface area (Å²) < 4.78 is 0. The van der Waals surface area contributed by atoms with Crippen LogP contribution in [-0.4, -0.2) is 70.2 Å². The zero-order chi connectivity index (χ0) is 24.7. The number of aliphatic hydroxyl groups excluding tert-OH is 1. The van der Waals surface area contributed by atoms with Gasteiger partial charge >= 0.3 is 0 Å². The van der Waals surface area contributed by atoms with Crippen molar-refractivity contribution in [2.24, 2.45) is 29.4 Å². The number of nitrogens with zero attached hydrogens (tertiary/aromatic N) is 1. The number of phenols is 1. The summed E-state index contributed by atoms with van der Waals surface area (Å²) in [5, 5.41) is 33.1. The van der Waals surface area contributed by atoms with E-state index in [0.29, 0.717) is 11.3 Å². The van der Waals surface area contributed by atoms with E-state index in [1.807, 2.05) is 0 Å². The van der Waals surface area contributed by atoms with E-state index in [-0.39, 0.29) is 11.3 Å². The van der Waals surface area contributed by atoms with Gasteiger partial charge in [0, 0.05) is 38.0 Å². The lowest BCUT2D eigenvalue weighted by molar-refractivity contribution is -0.189. The smallest absolute Gasteiger partial charge is 0.235 e. The standard InChI is InChI=1S/C22H25N3O8/c1-6-11-9(25(2)3)5-8(23)17(28)14(11)18(29)15-12(6)16(27)7-4-10(26)13(21(24)32)19(30)22(7,33)20(15)31/h5-7,12-13,15-16,27-28,33H,4,23H2,1-3H3,(H2,24,32)/t6-,7-,12-,13?,15?,16-,22-/m1/s1. The molecule has 3 aliphatic rings. The number of nitrogen functional groups attached to an aromatic ring is 1. The number of Topliss-reactive ketones (excluding diaryl/α,β-unsaturated/α-hetero) is 4. The van der Waals surface area contributed by atoms with Crippen molar-refractivity contribution in [3.63, 3.8) is 0 Å². The summed E-state index contributed by atoms with van der Waals surface area (Å²) in [6.07, 6.45) is -2.24. The number of hydrogen-bond donors (Lipinski definition) is 5. The van der Waals surface area contributed by atoms with Gasteiger partial charge in [0.15, 0.2) is 34.7 Å². The molecule has 0 saturated heterocycles. The number of anilines is 2. The average molecular weight is 459 g/mol. The second kappa shape index (κ2) is 7.09. The van der Waals surface area contributed by atoms with Crippen molar-refractivity contribution in [1.82, 2.24) is 0 Å². The van der Waals surface area contributed by atoms with Crippen LogP contribution in [0.5, 0.6) is 5.75 Å². The van der Waals surface area contributed by atoms with Crippen LogP contribution in [0.3, 0.4) is 0 Å². The van der Waals surface area contributed by atoms with Gasteiger partial charge in [0.2, 0.25) is 5.91 Å². The predicted molar refractivity (Wildman–Crippen MR) is 113 cm³/mol. The van der Waals surface area contributed by atoms with Crippen LogP contribution in [-0.2, 0) is 19.2 Å². The van der Waals surface area contributed by atoms with Crippen LogP contribution < -0.4 is 16.4 Å². The number of ketones is 4. The number of hydrogen-bond acceptors (Lipinski definition) is 10. The number of amides is 1. The van der Waals surface area contributed by atoms with Gasteiger partial charge < -0.3 is 31.7 Å². The molecule has 0 spiro atoms. The number of carbonyl (C=O) groups excluding carboxylic acids is 5. The number of nitrogens with two attached hydrogens (primary N) is 2. The van der Waals surface area contributed by atoms with Gasteiger partial charge in [-0.15, -0.1) is 0 Å². The first kappa shape index (κ1) is 22.9. The van der Waals surface area contributed by atoms with Crippen molar-refractivity contribution in [3.8, 4) is 5.75 Å². The molecular weight excluding hydrogens is 434 g/mol. The zero-order valence-corrected chi connectivity index (χ0v) is 18.2. The van der Waals surface area contributed by atoms with Crippen molar-refractivity contribution in [2.75, 3.05) is 24.7 Å². The highest BCUT2D eigenvalue weighted by Gasteiger charge is 2.70. The van der Waals surface area contributed by atoms with Gasteiger partial charge in [-0.25, -0.2) is 0 Å². The van der Waals surface area contributed by atoms with Gasteiger partial charge in [0.25, 0.3) is 0 Å². The van der Waals surface area contributed by atoms with E-state index in [1.165, 1.54) is 6.07 Å². The van der Waals surface area contributed by atoms with Crippen LogP contribution in [0.25, 0.3) is 0 Å². The Labute approximate surface area is 188 Å². The normalized spacial score (nSPS) is 35.5. The van der Waals surface area contributed by atoms with Crippen molar-refractivity contribution in [3.05, 3.63) is 17.2 Å². The molecule has 1 aromatic rings. The summed E-state index contributed by atoms with van der Waals surface area (Å²) in [5.74, 6) is -13.4. The van der Waals surface area contributed by atoms with Crippen LogP contribution in [0.15, 0.2) is 6.07 Å². The molecule has 7 N–H and O–H groups in total. The molecule has 11 nitrogen and oxygen atoms in total. The monoisotopic (exact) mass is 459 g/mol. The fraction of sp³-hybridized carbons (Fsp3) is 0.500. The first-order chi connectivity index (χ1) is 15.3. The predicted octanol–water partition coefficient (Wildman–Crippen LogP) is -1.49. The Hall–Kier alpha value is -3.31. The number of fused-ring (bicyclic) bond motifs is 3. The van der Waals surface area contributed by atoms with Gasteiger partial charge in [-0.1, -0.05) is 6.92 Å². The number of primary amides is 1. The lowest BCUT2D eigenvalue weighted by Crippen LogP contribution is -2.72. The van der Waals surface area contributed by atoms with Gasteiger partial charge in [-0.3, -0.25) is 24.0 Å². The van der Waals surface area contributed by atoms with Gasteiger partial charge in [0.1, 0.15) is 5.75 Å². The number of aliphatic hydroxyl groups is 2. The molecule has 0 heterocycles. The van der Waals surface area contributed by atoms with Crippen LogP contribution in [0.2, 0.25) is 0 Å². The summed E-state index contributed by atoms with van der Waals surface area (Å²) >= 11 is 0. The number of aromatic hydroxyl groups is 1. The van der Waals surface area contributed by atoms with Gasteiger partial charge in [0.05, 0.1) is 23.3 Å². The van der Waals surface area contributed by atoms with Crippen LogP contribution in [0, 0.1) is 23.7 Å². The lowest BCUT2D eigenvalue weighted by Gasteiger charge is -2.53. The maximum Gasteiger partial charge on any atom is 0.235 e. The van der Waals surface area contributed by atoms with Gasteiger partial charge in [-0.05, 0) is 17.5 Å². The fourth-order valence-electron chi connectivity index (χ4n) is 5.87. The third kappa shape index (κ3) is 2.72. The molecule has 2 saturated carbocycles. The average Bonchev–Trinajstić information content (AvgIpc) is 2.72. The van der Waals surface area contributed by atoms with E-state index < -0.39 is 82.5 Å². The van der Waals surface area contributed by atoms with Crippen LogP contribution in [0.1, 0.15) is 35.2 Å². The molecule has 0 bridgehead atoms. The maximum absolute atomic E-state index is 13.6. The number of rotatable bonds is 2. The Balaban J connectivity index is 1.95. The first-order valence-electron chi connectivity index (χ1n) is 10.4. The van der Waals surface area contributed by atoms with Gasteiger partial charge in [-0.2, -0.15) is 0 Å². The van der Waals surface area contributed by atoms with Crippen LogP contribution in [0.4, 0.5) is 11.4 Å². The van der Waals surface area contributed by atoms with Crippen molar-refractivity contribution < 1.29 is 39.3 Å².